The number of carbonyl (C=O) groups excluding carboxylic acids is 2. The average Bonchev–Trinajstić information content (AvgIpc) is 2.71. The minimum Gasteiger partial charge on any atom is -0.354 e. The molecule has 0 aromatic heterocycles. The summed E-state index contributed by atoms with van der Waals surface area (Å²) in [5.74, 6) is -0.273. The SMILES string of the molecule is CCCCNC(=O)[C@@H](C)N(CCc1ccccc1)C(=O)Cc1ccc(Cl)cc1Cl. The lowest BCUT2D eigenvalue weighted by atomic mass is 10.1. The molecule has 2 aromatic carbocycles. The van der Waals surface area contributed by atoms with Crippen molar-refractivity contribution in [2.75, 3.05) is 13.1 Å². The first-order valence-corrected chi connectivity index (χ1v) is 10.7. The first-order chi connectivity index (χ1) is 13.9. The van der Waals surface area contributed by atoms with Gasteiger partial charge >= 0.3 is 0 Å². The quantitative estimate of drug-likeness (QED) is 0.539. The predicted octanol–water partition coefficient (Wildman–Crippen LogP) is 4.91. The van der Waals surface area contributed by atoms with E-state index >= 15 is 0 Å². The van der Waals surface area contributed by atoms with Crippen LogP contribution in [0.3, 0.4) is 0 Å². The Bertz CT molecular complexity index is 812. The molecule has 0 unspecified atom stereocenters. The van der Waals surface area contributed by atoms with Crippen molar-refractivity contribution in [1.82, 2.24) is 10.2 Å². The van der Waals surface area contributed by atoms with E-state index in [0.29, 0.717) is 35.1 Å². The van der Waals surface area contributed by atoms with Gasteiger partial charge in [-0.05, 0) is 43.0 Å². The zero-order chi connectivity index (χ0) is 21.2. The van der Waals surface area contributed by atoms with E-state index in [-0.39, 0.29) is 18.2 Å². The summed E-state index contributed by atoms with van der Waals surface area (Å²) < 4.78 is 0. The molecule has 1 N–H and O–H groups in total. The second kappa shape index (κ2) is 11.8. The molecule has 0 spiro atoms. The molecule has 0 aliphatic heterocycles. The number of rotatable bonds is 10. The fourth-order valence-electron chi connectivity index (χ4n) is 3.04. The highest BCUT2D eigenvalue weighted by atomic mass is 35.5. The van der Waals surface area contributed by atoms with Gasteiger partial charge in [0.2, 0.25) is 11.8 Å². The van der Waals surface area contributed by atoms with Gasteiger partial charge < -0.3 is 10.2 Å². The van der Waals surface area contributed by atoms with Crippen molar-refractivity contribution < 1.29 is 9.59 Å². The molecule has 2 aromatic rings. The van der Waals surface area contributed by atoms with Crippen molar-refractivity contribution in [2.24, 2.45) is 0 Å². The van der Waals surface area contributed by atoms with E-state index in [4.69, 9.17) is 23.2 Å². The van der Waals surface area contributed by atoms with Gasteiger partial charge in [-0.2, -0.15) is 0 Å². The molecule has 0 aliphatic rings. The van der Waals surface area contributed by atoms with Crippen LogP contribution in [0.4, 0.5) is 0 Å². The van der Waals surface area contributed by atoms with Crippen LogP contribution in [0.1, 0.15) is 37.8 Å². The van der Waals surface area contributed by atoms with E-state index in [1.807, 2.05) is 30.3 Å². The molecule has 0 bridgehead atoms. The van der Waals surface area contributed by atoms with Crippen LogP contribution in [0.5, 0.6) is 0 Å². The molecule has 0 saturated heterocycles. The summed E-state index contributed by atoms with van der Waals surface area (Å²) in [6.07, 6.45) is 2.71. The largest absolute Gasteiger partial charge is 0.354 e. The Morgan fingerprint density at radius 3 is 2.48 bits per heavy atom. The second-order valence-corrected chi connectivity index (χ2v) is 7.90. The third kappa shape index (κ3) is 7.37. The zero-order valence-corrected chi connectivity index (χ0v) is 18.5. The van der Waals surface area contributed by atoms with Gasteiger partial charge in [-0.3, -0.25) is 9.59 Å². The highest BCUT2D eigenvalue weighted by molar-refractivity contribution is 6.35. The maximum Gasteiger partial charge on any atom is 0.242 e. The number of nitrogens with one attached hydrogen (secondary N) is 1. The molecule has 1 atom stereocenters. The summed E-state index contributed by atoms with van der Waals surface area (Å²) in [4.78, 5) is 27.3. The Morgan fingerprint density at radius 1 is 1.10 bits per heavy atom. The third-order valence-corrected chi connectivity index (χ3v) is 5.42. The first-order valence-electron chi connectivity index (χ1n) is 9.97. The van der Waals surface area contributed by atoms with Gasteiger partial charge in [0, 0.05) is 23.1 Å². The minimum atomic E-state index is -0.561. The summed E-state index contributed by atoms with van der Waals surface area (Å²) >= 11 is 12.2. The van der Waals surface area contributed by atoms with Gasteiger partial charge in [-0.15, -0.1) is 0 Å². The third-order valence-electron chi connectivity index (χ3n) is 4.84. The van der Waals surface area contributed by atoms with Crippen LogP contribution in [0.15, 0.2) is 48.5 Å². The fourth-order valence-corrected chi connectivity index (χ4v) is 3.51. The Hall–Kier alpha value is -2.04. The molecule has 6 heteroatoms. The number of unbranched alkanes of at least 4 members (excludes halogenated alkanes) is 1. The van der Waals surface area contributed by atoms with Crippen LogP contribution in [-0.4, -0.2) is 35.8 Å². The Kier molecular flexibility index (Phi) is 9.49. The van der Waals surface area contributed by atoms with Crippen molar-refractivity contribution in [3.05, 3.63) is 69.7 Å². The van der Waals surface area contributed by atoms with Crippen LogP contribution in [0, 0.1) is 0 Å². The van der Waals surface area contributed by atoms with E-state index in [1.54, 1.807) is 30.0 Å². The van der Waals surface area contributed by atoms with Crippen LogP contribution in [0.2, 0.25) is 10.0 Å². The molecule has 0 radical (unpaired) electrons. The van der Waals surface area contributed by atoms with Crippen LogP contribution >= 0.6 is 23.2 Å². The molecular weight excluding hydrogens is 407 g/mol. The molecular formula is C23H28Cl2N2O2. The smallest absolute Gasteiger partial charge is 0.242 e. The maximum atomic E-state index is 13.1. The van der Waals surface area contributed by atoms with Gasteiger partial charge in [0.25, 0.3) is 0 Å². The number of benzene rings is 2. The highest BCUT2D eigenvalue weighted by Crippen LogP contribution is 2.22. The van der Waals surface area contributed by atoms with Crippen LogP contribution in [0.25, 0.3) is 0 Å². The molecule has 29 heavy (non-hydrogen) atoms. The topological polar surface area (TPSA) is 49.4 Å². The predicted molar refractivity (Wildman–Crippen MR) is 119 cm³/mol. The molecule has 0 saturated carbocycles. The highest BCUT2D eigenvalue weighted by Gasteiger charge is 2.26. The van der Waals surface area contributed by atoms with E-state index in [2.05, 4.69) is 12.2 Å². The number of hydrogen-bond acceptors (Lipinski definition) is 2. The average molecular weight is 435 g/mol. The number of carbonyl (C=O) groups is 2. The normalized spacial score (nSPS) is 11.7. The van der Waals surface area contributed by atoms with Gasteiger partial charge in [-0.25, -0.2) is 0 Å². The lowest BCUT2D eigenvalue weighted by Crippen LogP contribution is -2.49. The molecule has 156 valence electrons. The number of amides is 2. The second-order valence-electron chi connectivity index (χ2n) is 7.06. The lowest BCUT2D eigenvalue weighted by molar-refractivity contribution is -0.139. The van der Waals surface area contributed by atoms with E-state index in [9.17, 15) is 9.59 Å². The molecule has 0 aliphatic carbocycles. The molecule has 2 rings (SSSR count). The maximum absolute atomic E-state index is 13.1. The van der Waals surface area contributed by atoms with Crippen molar-refractivity contribution in [1.29, 1.82) is 0 Å². The van der Waals surface area contributed by atoms with Crippen molar-refractivity contribution in [3.63, 3.8) is 0 Å². The standard InChI is InChI=1S/C23H28Cl2N2O2/c1-3-4-13-26-23(29)17(2)27(14-12-18-8-6-5-7-9-18)22(28)15-19-10-11-20(24)16-21(19)25/h5-11,16-17H,3-4,12-15H2,1-2H3,(H,26,29)/t17-/m1/s1. The minimum absolute atomic E-state index is 0.122. The Morgan fingerprint density at radius 2 is 1.83 bits per heavy atom. The lowest BCUT2D eigenvalue weighted by Gasteiger charge is -2.29. The van der Waals surface area contributed by atoms with Crippen LogP contribution < -0.4 is 5.32 Å². The molecule has 0 heterocycles. The Labute approximate surface area is 183 Å². The number of nitrogens with zero attached hydrogens (tertiary/aromatic N) is 1. The molecule has 0 fully saturated rings. The van der Waals surface area contributed by atoms with Crippen molar-refractivity contribution >= 4 is 35.0 Å². The summed E-state index contributed by atoms with van der Waals surface area (Å²) in [7, 11) is 0. The molecule has 2 amide bonds. The zero-order valence-electron chi connectivity index (χ0n) is 17.0. The van der Waals surface area contributed by atoms with E-state index in [1.165, 1.54) is 0 Å². The van der Waals surface area contributed by atoms with Gasteiger partial charge in [0.05, 0.1) is 6.42 Å². The number of halogens is 2. The van der Waals surface area contributed by atoms with Crippen molar-refractivity contribution in [3.8, 4) is 0 Å². The fraction of sp³-hybridized carbons (Fsp3) is 0.391. The molecule has 4 nitrogen and oxygen atoms in total. The van der Waals surface area contributed by atoms with Crippen LogP contribution in [-0.2, 0) is 22.4 Å². The monoisotopic (exact) mass is 434 g/mol. The summed E-state index contributed by atoms with van der Waals surface area (Å²) in [5.41, 5.74) is 1.82. The van der Waals surface area contributed by atoms with Crippen molar-refractivity contribution in [2.45, 2.75) is 45.6 Å². The number of hydrogen-bond donors (Lipinski definition) is 1. The summed E-state index contributed by atoms with van der Waals surface area (Å²) in [6.45, 7) is 4.91. The summed E-state index contributed by atoms with van der Waals surface area (Å²) in [5, 5.41) is 3.90. The Balaban J connectivity index is 2.13. The van der Waals surface area contributed by atoms with Gasteiger partial charge in [0.1, 0.15) is 6.04 Å². The van der Waals surface area contributed by atoms with E-state index < -0.39 is 6.04 Å². The van der Waals surface area contributed by atoms with Gasteiger partial charge in [0.15, 0.2) is 0 Å². The van der Waals surface area contributed by atoms with E-state index in [0.717, 1.165) is 18.4 Å². The summed E-state index contributed by atoms with van der Waals surface area (Å²) in [6, 6.07) is 14.5. The first kappa shape index (κ1) is 23.2. The van der Waals surface area contributed by atoms with Gasteiger partial charge in [-0.1, -0.05) is 72.9 Å².